The third-order valence-electron chi connectivity index (χ3n) is 5.08. The smallest absolute Gasteiger partial charge is 0.262 e. The van der Waals surface area contributed by atoms with Gasteiger partial charge >= 0.3 is 0 Å². The van der Waals surface area contributed by atoms with Crippen molar-refractivity contribution in [3.63, 3.8) is 0 Å². The second kappa shape index (κ2) is 10.6. The minimum atomic E-state index is -0.426. The lowest BCUT2D eigenvalue weighted by molar-refractivity contribution is -0.115. The van der Waals surface area contributed by atoms with Crippen LogP contribution in [0.1, 0.15) is 31.4 Å². The molecule has 0 bridgehead atoms. The molecular formula is C24H29N3O3S. The predicted molar refractivity (Wildman–Crippen MR) is 127 cm³/mol. The van der Waals surface area contributed by atoms with Gasteiger partial charge in [-0.25, -0.2) is 4.98 Å². The van der Waals surface area contributed by atoms with Gasteiger partial charge in [0.15, 0.2) is 5.16 Å². The van der Waals surface area contributed by atoms with Crippen molar-refractivity contribution >= 4 is 34.3 Å². The third-order valence-corrected chi connectivity index (χ3v) is 6.17. The summed E-state index contributed by atoms with van der Waals surface area (Å²) in [7, 11) is 0. The van der Waals surface area contributed by atoms with Crippen molar-refractivity contribution in [3.8, 4) is 0 Å². The lowest BCUT2D eigenvalue weighted by Crippen LogP contribution is -2.27. The van der Waals surface area contributed by atoms with Gasteiger partial charge in [-0.2, -0.15) is 0 Å². The number of fused-ring (bicyclic) bond motifs is 1. The fourth-order valence-corrected chi connectivity index (χ4v) is 4.29. The molecule has 0 fully saturated rings. The number of rotatable bonds is 9. The van der Waals surface area contributed by atoms with Crippen molar-refractivity contribution < 1.29 is 9.53 Å². The molecule has 0 aliphatic rings. The fraction of sp³-hybridized carbons (Fsp3) is 0.375. The van der Waals surface area contributed by atoms with Crippen molar-refractivity contribution in [1.29, 1.82) is 0 Å². The highest BCUT2D eigenvalue weighted by Gasteiger charge is 2.20. The number of hydrogen-bond donors (Lipinski definition) is 1. The Bertz CT molecular complexity index is 1110. The van der Waals surface area contributed by atoms with E-state index >= 15 is 0 Å². The second-order valence-electron chi connectivity index (χ2n) is 7.43. The van der Waals surface area contributed by atoms with Gasteiger partial charge in [0, 0.05) is 25.4 Å². The van der Waals surface area contributed by atoms with Crippen molar-refractivity contribution in [2.75, 3.05) is 18.5 Å². The Balaban J connectivity index is 1.86. The Morgan fingerprint density at radius 3 is 2.58 bits per heavy atom. The average Bonchev–Trinajstić information content (AvgIpc) is 2.75. The summed E-state index contributed by atoms with van der Waals surface area (Å²) in [6.07, 6.45) is 0.699. The molecule has 1 atom stereocenters. The number of aryl methyl sites for hydroxylation is 2. The van der Waals surface area contributed by atoms with Crippen molar-refractivity contribution in [2.45, 2.75) is 51.1 Å². The first-order chi connectivity index (χ1) is 14.9. The van der Waals surface area contributed by atoms with E-state index < -0.39 is 5.25 Å². The van der Waals surface area contributed by atoms with E-state index in [1.807, 2.05) is 64.1 Å². The maximum Gasteiger partial charge on any atom is 0.262 e. The minimum absolute atomic E-state index is 0.0908. The molecule has 1 N–H and O–H groups in total. The molecule has 1 heterocycles. The molecule has 2 aromatic carbocycles. The molecule has 6 nitrogen and oxygen atoms in total. The summed E-state index contributed by atoms with van der Waals surface area (Å²) in [5.41, 5.74) is 3.41. The van der Waals surface area contributed by atoms with Crippen LogP contribution < -0.4 is 10.9 Å². The van der Waals surface area contributed by atoms with Gasteiger partial charge in [-0.15, -0.1) is 0 Å². The maximum absolute atomic E-state index is 13.1. The van der Waals surface area contributed by atoms with Gasteiger partial charge in [0.1, 0.15) is 0 Å². The highest BCUT2D eigenvalue weighted by molar-refractivity contribution is 8.00. The predicted octanol–water partition coefficient (Wildman–Crippen LogP) is 4.56. The molecule has 0 aliphatic carbocycles. The van der Waals surface area contributed by atoms with E-state index in [0.717, 1.165) is 16.8 Å². The summed E-state index contributed by atoms with van der Waals surface area (Å²) in [4.78, 5) is 30.7. The van der Waals surface area contributed by atoms with E-state index in [-0.39, 0.29) is 11.5 Å². The van der Waals surface area contributed by atoms with Crippen LogP contribution in [-0.2, 0) is 16.1 Å². The van der Waals surface area contributed by atoms with E-state index in [4.69, 9.17) is 9.72 Å². The molecule has 3 rings (SSSR count). The molecule has 3 aromatic rings. The summed E-state index contributed by atoms with van der Waals surface area (Å²) in [5, 5.41) is 3.73. The van der Waals surface area contributed by atoms with Gasteiger partial charge in [-0.05, 0) is 57.4 Å². The number of ether oxygens (including phenoxy) is 1. The number of nitrogens with one attached hydrogen (secondary N) is 1. The quantitative estimate of drug-likeness (QED) is 0.301. The molecule has 1 unspecified atom stereocenters. The number of thioether (sulfide) groups is 1. The first kappa shape index (κ1) is 23.0. The van der Waals surface area contributed by atoms with Crippen LogP contribution in [0.4, 0.5) is 5.69 Å². The molecule has 1 aromatic heterocycles. The molecular weight excluding hydrogens is 410 g/mol. The number of carbonyl (C=O) groups excluding carboxylic acids is 1. The van der Waals surface area contributed by atoms with E-state index in [1.54, 1.807) is 10.6 Å². The van der Waals surface area contributed by atoms with E-state index in [1.165, 1.54) is 11.8 Å². The zero-order valence-corrected chi connectivity index (χ0v) is 19.3. The maximum atomic E-state index is 13.1. The zero-order chi connectivity index (χ0) is 22.4. The first-order valence-electron chi connectivity index (χ1n) is 10.5. The van der Waals surface area contributed by atoms with Crippen LogP contribution in [0, 0.1) is 13.8 Å². The molecule has 0 saturated carbocycles. The monoisotopic (exact) mass is 439 g/mol. The summed E-state index contributed by atoms with van der Waals surface area (Å²) in [6, 6.07) is 13.2. The Labute approximate surface area is 187 Å². The molecule has 0 spiro atoms. The van der Waals surface area contributed by atoms with Crippen LogP contribution in [0.3, 0.4) is 0 Å². The second-order valence-corrected chi connectivity index (χ2v) is 8.74. The number of para-hydroxylation sites is 2. The van der Waals surface area contributed by atoms with E-state index in [0.29, 0.717) is 42.2 Å². The van der Waals surface area contributed by atoms with Gasteiger partial charge in [0.05, 0.1) is 16.2 Å². The summed E-state index contributed by atoms with van der Waals surface area (Å²) >= 11 is 1.30. The fourth-order valence-electron chi connectivity index (χ4n) is 3.35. The zero-order valence-electron chi connectivity index (χ0n) is 18.5. The summed E-state index contributed by atoms with van der Waals surface area (Å²) in [5.74, 6) is -0.120. The third kappa shape index (κ3) is 5.54. The van der Waals surface area contributed by atoms with Crippen molar-refractivity contribution in [3.05, 3.63) is 63.9 Å². The number of amides is 1. The van der Waals surface area contributed by atoms with E-state index in [9.17, 15) is 9.59 Å². The highest BCUT2D eigenvalue weighted by atomic mass is 32.2. The lowest BCUT2D eigenvalue weighted by atomic mass is 10.1. The Morgan fingerprint density at radius 1 is 1.16 bits per heavy atom. The molecule has 7 heteroatoms. The van der Waals surface area contributed by atoms with Gasteiger partial charge in [0.25, 0.3) is 5.56 Å². The van der Waals surface area contributed by atoms with Gasteiger partial charge in [-0.3, -0.25) is 14.2 Å². The molecule has 0 saturated heterocycles. The number of anilines is 1. The molecule has 164 valence electrons. The van der Waals surface area contributed by atoms with Gasteiger partial charge in [-0.1, -0.05) is 42.1 Å². The van der Waals surface area contributed by atoms with Gasteiger partial charge < -0.3 is 10.1 Å². The summed E-state index contributed by atoms with van der Waals surface area (Å²) < 4.78 is 7.09. The highest BCUT2D eigenvalue weighted by Crippen LogP contribution is 2.25. The molecule has 0 radical (unpaired) electrons. The van der Waals surface area contributed by atoms with Crippen LogP contribution in [0.5, 0.6) is 0 Å². The average molecular weight is 440 g/mol. The number of aromatic nitrogens is 2. The van der Waals surface area contributed by atoms with Gasteiger partial charge in [0.2, 0.25) is 5.91 Å². The normalized spacial score (nSPS) is 12.1. The number of nitrogens with zero attached hydrogens (tertiary/aromatic N) is 2. The Kier molecular flexibility index (Phi) is 7.87. The van der Waals surface area contributed by atoms with Crippen LogP contribution >= 0.6 is 11.8 Å². The number of hydrogen-bond acceptors (Lipinski definition) is 5. The molecule has 0 aliphatic heterocycles. The standard InChI is InChI=1S/C24H29N3O3S/c1-5-30-15-9-14-27-23(29)19-12-6-7-13-20(19)25-24(27)31-18(4)22(28)26-21-16(2)10-8-11-17(21)3/h6-8,10-13,18H,5,9,14-15H2,1-4H3,(H,26,28). The first-order valence-corrected chi connectivity index (χ1v) is 11.4. The van der Waals surface area contributed by atoms with E-state index in [2.05, 4.69) is 5.32 Å². The van der Waals surface area contributed by atoms with Crippen LogP contribution in [0.25, 0.3) is 10.9 Å². The largest absolute Gasteiger partial charge is 0.382 e. The van der Waals surface area contributed by atoms with Crippen LogP contribution in [0.15, 0.2) is 52.4 Å². The molecule has 31 heavy (non-hydrogen) atoms. The Hall–Kier alpha value is -2.64. The van der Waals surface area contributed by atoms with Crippen molar-refractivity contribution in [1.82, 2.24) is 9.55 Å². The SMILES string of the molecule is CCOCCCn1c(SC(C)C(=O)Nc2c(C)cccc2C)nc2ccccc2c1=O. The van der Waals surface area contributed by atoms with Crippen molar-refractivity contribution in [2.24, 2.45) is 0 Å². The molecule has 1 amide bonds. The minimum Gasteiger partial charge on any atom is -0.382 e. The number of carbonyl (C=O) groups is 1. The number of benzene rings is 2. The van der Waals surface area contributed by atoms with Crippen LogP contribution in [0.2, 0.25) is 0 Å². The lowest BCUT2D eigenvalue weighted by Gasteiger charge is -2.18. The summed E-state index contributed by atoms with van der Waals surface area (Å²) in [6.45, 7) is 9.43. The topological polar surface area (TPSA) is 73.2 Å². The Morgan fingerprint density at radius 2 is 1.87 bits per heavy atom. The van der Waals surface area contributed by atoms with Crippen LogP contribution in [-0.4, -0.2) is 33.9 Å².